The highest BCUT2D eigenvalue weighted by Crippen LogP contribution is 2.38. The highest BCUT2D eigenvalue weighted by molar-refractivity contribution is 6.33. The Morgan fingerprint density at radius 1 is 1.06 bits per heavy atom. The molecule has 15 nitrogen and oxygen atoms in total. The molecule has 5 amide bonds. The Balaban J connectivity index is 1.18. The molecule has 246 valence electrons. The number of hydrogen-bond donors (Lipinski definition) is 2. The van der Waals surface area contributed by atoms with Crippen LogP contribution in [0.5, 0.6) is 5.75 Å². The number of rotatable bonds is 8. The maximum atomic E-state index is 13.7. The van der Waals surface area contributed by atoms with Gasteiger partial charge in [-0.3, -0.25) is 34.7 Å². The second-order valence-corrected chi connectivity index (χ2v) is 11.4. The number of para-hydroxylation sites is 1. The molecule has 2 aliphatic rings. The summed E-state index contributed by atoms with van der Waals surface area (Å²) in [5.41, 5.74) is 1.87. The molecule has 2 N–H and O–H groups in total. The number of anilines is 3. The molecule has 16 heteroatoms. The zero-order chi connectivity index (χ0) is 34.1. The van der Waals surface area contributed by atoms with E-state index in [1.165, 1.54) is 48.4 Å². The van der Waals surface area contributed by atoms with E-state index in [0.717, 1.165) is 0 Å². The molecule has 3 aromatic carbocycles. The lowest BCUT2D eigenvalue weighted by Crippen LogP contribution is -2.49. The van der Waals surface area contributed by atoms with Crippen LogP contribution in [0.15, 0.2) is 65.2 Å². The Morgan fingerprint density at radius 2 is 1.77 bits per heavy atom. The number of nitrogens with zero attached hydrogens (tertiary/aromatic N) is 5. The molecule has 0 spiro atoms. The van der Waals surface area contributed by atoms with Crippen LogP contribution in [0.25, 0.3) is 11.3 Å². The number of hydrogen-bond acceptors (Lipinski definition) is 10. The van der Waals surface area contributed by atoms with Gasteiger partial charge in [0.1, 0.15) is 35.0 Å². The third-order valence-electron chi connectivity index (χ3n) is 8.09. The third kappa shape index (κ3) is 6.10. The van der Waals surface area contributed by atoms with Crippen LogP contribution in [0, 0.1) is 17.0 Å². The summed E-state index contributed by atoms with van der Waals surface area (Å²) in [6.07, 6.45) is 0. The van der Waals surface area contributed by atoms with Crippen molar-refractivity contribution in [2.45, 2.75) is 6.92 Å². The average molecular weight is 674 g/mol. The molecule has 0 saturated carbocycles. The number of urea groups is 1. The summed E-state index contributed by atoms with van der Waals surface area (Å²) in [7, 11) is 1.53. The zero-order valence-electron chi connectivity index (χ0n) is 25.7. The number of aromatic nitrogens is 1. The summed E-state index contributed by atoms with van der Waals surface area (Å²) in [6, 6.07) is 15.1. The minimum atomic E-state index is -0.644. The van der Waals surface area contributed by atoms with Crippen LogP contribution in [0.2, 0.25) is 5.02 Å². The molecular formula is C32H28ClN7O8. The second-order valence-electron chi connectivity index (χ2n) is 11.0. The molecule has 48 heavy (non-hydrogen) atoms. The fourth-order valence-corrected chi connectivity index (χ4v) is 5.92. The summed E-state index contributed by atoms with van der Waals surface area (Å²) in [5, 5.41) is 20.9. The fraction of sp³-hybridized carbons (Fsp3) is 0.219. The lowest BCUT2D eigenvalue weighted by Gasteiger charge is -2.36. The van der Waals surface area contributed by atoms with Crippen molar-refractivity contribution in [2.24, 2.45) is 0 Å². The van der Waals surface area contributed by atoms with Gasteiger partial charge in [0.05, 0.1) is 22.7 Å². The van der Waals surface area contributed by atoms with Gasteiger partial charge in [-0.1, -0.05) is 28.9 Å². The Bertz CT molecular complexity index is 1950. The monoisotopic (exact) mass is 673 g/mol. The number of imide groups is 1. The van der Waals surface area contributed by atoms with Gasteiger partial charge in [0.2, 0.25) is 5.91 Å². The number of piperazine rings is 1. The number of carbonyl (C=O) groups excluding carboxylic acids is 4. The number of aryl methyl sites for hydroxylation is 1. The molecule has 0 atom stereocenters. The number of amides is 5. The molecule has 0 radical (unpaired) electrons. The molecule has 0 unspecified atom stereocenters. The van der Waals surface area contributed by atoms with Gasteiger partial charge in [0, 0.05) is 49.1 Å². The van der Waals surface area contributed by atoms with E-state index in [1.54, 1.807) is 24.0 Å². The molecule has 3 heterocycles. The van der Waals surface area contributed by atoms with Crippen molar-refractivity contribution >= 4 is 58.1 Å². The van der Waals surface area contributed by atoms with Crippen molar-refractivity contribution in [1.29, 1.82) is 0 Å². The molecular weight excluding hydrogens is 646 g/mol. The smallest absolute Gasteiger partial charge is 0.329 e. The first kappa shape index (κ1) is 32.0. The normalized spacial score (nSPS) is 14.6. The minimum absolute atomic E-state index is 0.0713. The molecule has 2 aliphatic heterocycles. The van der Waals surface area contributed by atoms with E-state index in [4.69, 9.17) is 20.9 Å². The molecule has 2 fully saturated rings. The van der Waals surface area contributed by atoms with Gasteiger partial charge in [-0.2, -0.15) is 0 Å². The summed E-state index contributed by atoms with van der Waals surface area (Å²) >= 11 is 6.52. The molecule has 6 rings (SSSR count). The maximum absolute atomic E-state index is 13.7. The second kappa shape index (κ2) is 13.0. The van der Waals surface area contributed by atoms with Crippen molar-refractivity contribution in [1.82, 2.24) is 15.4 Å². The number of nitro groups is 1. The first-order valence-corrected chi connectivity index (χ1v) is 15.1. The van der Waals surface area contributed by atoms with Gasteiger partial charge in [-0.05, 0) is 49.4 Å². The number of ether oxygens (including phenoxy) is 1. The largest absolute Gasteiger partial charge is 0.496 e. The van der Waals surface area contributed by atoms with Crippen molar-refractivity contribution in [2.75, 3.05) is 55.0 Å². The predicted molar refractivity (Wildman–Crippen MR) is 175 cm³/mol. The lowest BCUT2D eigenvalue weighted by molar-refractivity contribution is -0.383. The van der Waals surface area contributed by atoms with Gasteiger partial charge in [-0.25, -0.2) is 4.79 Å². The Morgan fingerprint density at radius 3 is 2.42 bits per heavy atom. The van der Waals surface area contributed by atoms with Crippen LogP contribution in [0.1, 0.15) is 26.5 Å². The highest BCUT2D eigenvalue weighted by Gasteiger charge is 2.32. The van der Waals surface area contributed by atoms with Crippen molar-refractivity contribution < 1.29 is 33.4 Å². The summed E-state index contributed by atoms with van der Waals surface area (Å²) in [6.45, 7) is 2.83. The van der Waals surface area contributed by atoms with Gasteiger partial charge in [0.25, 0.3) is 17.5 Å². The van der Waals surface area contributed by atoms with Crippen molar-refractivity contribution in [3.8, 4) is 17.0 Å². The van der Waals surface area contributed by atoms with Crippen molar-refractivity contribution in [3.05, 3.63) is 92.7 Å². The van der Waals surface area contributed by atoms with Crippen LogP contribution < -0.4 is 25.2 Å². The number of benzene rings is 3. The van der Waals surface area contributed by atoms with E-state index in [1.807, 2.05) is 17.0 Å². The van der Waals surface area contributed by atoms with Crippen LogP contribution >= 0.6 is 11.6 Å². The summed E-state index contributed by atoms with van der Waals surface area (Å²) in [4.78, 5) is 66.4. The van der Waals surface area contributed by atoms with Crippen LogP contribution in [-0.4, -0.2) is 78.6 Å². The molecule has 0 bridgehead atoms. The van der Waals surface area contributed by atoms with E-state index in [0.29, 0.717) is 65.9 Å². The third-order valence-corrected chi connectivity index (χ3v) is 8.39. The average Bonchev–Trinajstić information content (AvgIpc) is 3.65. The molecule has 0 aliphatic carbocycles. The predicted octanol–water partition coefficient (Wildman–Crippen LogP) is 4.49. The van der Waals surface area contributed by atoms with Crippen LogP contribution in [-0.2, 0) is 4.79 Å². The Kier molecular flexibility index (Phi) is 8.69. The minimum Gasteiger partial charge on any atom is -0.496 e. The van der Waals surface area contributed by atoms with E-state index in [-0.39, 0.29) is 28.7 Å². The highest BCUT2D eigenvalue weighted by atomic mass is 35.5. The van der Waals surface area contributed by atoms with Gasteiger partial charge >= 0.3 is 6.03 Å². The topological polar surface area (TPSA) is 180 Å². The first-order chi connectivity index (χ1) is 23.0. The summed E-state index contributed by atoms with van der Waals surface area (Å²) in [5.74, 6) is -0.422. The first-order valence-electron chi connectivity index (χ1n) is 14.7. The SMILES string of the molecule is COc1ccccc1-c1noc(C)c1C(=O)N1CCN(c2cc(NC(=O)c3ccc(N4CC(=O)NC4=O)cc3)c([N+](=O)[O-])cc2Cl)CC1. The van der Waals surface area contributed by atoms with E-state index in [9.17, 15) is 29.3 Å². The van der Waals surface area contributed by atoms with E-state index < -0.39 is 28.5 Å². The van der Waals surface area contributed by atoms with Gasteiger partial charge in [0.15, 0.2) is 0 Å². The van der Waals surface area contributed by atoms with Crippen LogP contribution in [0.4, 0.5) is 27.5 Å². The zero-order valence-corrected chi connectivity index (χ0v) is 26.4. The maximum Gasteiger partial charge on any atom is 0.329 e. The van der Waals surface area contributed by atoms with E-state index >= 15 is 0 Å². The number of halogens is 1. The number of nitro benzene ring substituents is 1. The molecule has 2 saturated heterocycles. The lowest BCUT2D eigenvalue weighted by atomic mass is 10.0. The standard InChI is InChI=1S/C32H28ClN7O8/c1-18-28(29(36-48-18)21-5-3-4-6-26(21)47-2)31(43)38-13-11-37(12-14-38)24-16-23(25(40(45)46)15-22(24)33)34-30(42)19-7-9-20(10-8-19)39-17-27(41)35-32(39)44/h3-10,15-16H,11-14,17H2,1-2H3,(H,34,42)(H,35,41,44). The quantitative estimate of drug-likeness (QED) is 0.154. The van der Waals surface area contributed by atoms with Crippen molar-refractivity contribution in [3.63, 3.8) is 0 Å². The summed E-state index contributed by atoms with van der Waals surface area (Å²) < 4.78 is 10.9. The number of carbonyl (C=O) groups is 4. The number of methoxy groups -OCH3 is 1. The van der Waals surface area contributed by atoms with E-state index in [2.05, 4.69) is 15.8 Å². The van der Waals surface area contributed by atoms with Gasteiger partial charge in [-0.15, -0.1) is 0 Å². The molecule has 4 aromatic rings. The fourth-order valence-electron chi connectivity index (χ4n) is 5.64. The van der Waals surface area contributed by atoms with Gasteiger partial charge < -0.3 is 24.4 Å². The Hall–Kier alpha value is -5.96. The number of nitrogens with one attached hydrogen (secondary N) is 2. The van der Waals surface area contributed by atoms with Crippen LogP contribution in [0.3, 0.4) is 0 Å². The Labute approximate surface area is 278 Å². The molecule has 1 aromatic heterocycles.